The van der Waals surface area contributed by atoms with Crippen molar-refractivity contribution in [2.75, 3.05) is 7.05 Å². The average molecular weight is 280 g/mol. The highest BCUT2D eigenvalue weighted by Crippen LogP contribution is 2.17. The summed E-state index contributed by atoms with van der Waals surface area (Å²) in [7, 11) is 1.97. The first-order valence-corrected chi connectivity index (χ1v) is 7.32. The monoisotopic (exact) mass is 280 g/mol. The van der Waals surface area contributed by atoms with Gasteiger partial charge in [0.25, 0.3) is 0 Å². The average Bonchev–Trinajstić information content (AvgIpc) is 2.42. The van der Waals surface area contributed by atoms with Gasteiger partial charge in [0.15, 0.2) is 5.11 Å². The Morgan fingerprint density at radius 2 is 1.89 bits per heavy atom. The number of hydrogen-bond donors (Lipinski definition) is 1. The van der Waals surface area contributed by atoms with Crippen LogP contribution in [0, 0.1) is 5.82 Å². The van der Waals surface area contributed by atoms with Crippen molar-refractivity contribution < 1.29 is 4.39 Å². The fraction of sp³-hybridized carbons (Fsp3) is 0.533. The van der Waals surface area contributed by atoms with E-state index in [1.165, 1.54) is 44.2 Å². The van der Waals surface area contributed by atoms with Gasteiger partial charge in [0.1, 0.15) is 5.82 Å². The molecule has 0 unspecified atom stereocenters. The Morgan fingerprint density at radius 3 is 2.53 bits per heavy atom. The first-order chi connectivity index (χ1) is 9.15. The van der Waals surface area contributed by atoms with E-state index in [2.05, 4.69) is 5.32 Å². The predicted octanol–water partition coefficient (Wildman–Crippen LogP) is 3.46. The van der Waals surface area contributed by atoms with Crippen LogP contribution in [0.5, 0.6) is 0 Å². The van der Waals surface area contributed by atoms with Gasteiger partial charge in [-0.05, 0) is 42.8 Å². The summed E-state index contributed by atoms with van der Waals surface area (Å²) < 4.78 is 12.8. The van der Waals surface area contributed by atoms with E-state index < -0.39 is 0 Å². The molecule has 0 bridgehead atoms. The highest BCUT2D eigenvalue weighted by molar-refractivity contribution is 7.80. The van der Waals surface area contributed by atoms with Crippen molar-refractivity contribution in [1.29, 1.82) is 0 Å². The molecule has 1 aromatic rings. The van der Waals surface area contributed by atoms with E-state index in [4.69, 9.17) is 12.2 Å². The molecule has 104 valence electrons. The second kappa shape index (κ2) is 6.85. The summed E-state index contributed by atoms with van der Waals surface area (Å²) >= 11 is 5.42. The number of hydrogen-bond acceptors (Lipinski definition) is 1. The van der Waals surface area contributed by atoms with Gasteiger partial charge in [0, 0.05) is 19.6 Å². The summed E-state index contributed by atoms with van der Waals surface area (Å²) in [5.74, 6) is -0.200. The van der Waals surface area contributed by atoms with Crippen LogP contribution in [-0.2, 0) is 6.54 Å². The van der Waals surface area contributed by atoms with Crippen molar-refractivity contribution in [2.45, 2.75) is 44.7 Å². The normalized spacial score (nSPS) is 16.1. The zero-order valence-electron chi connectivity index (χ0n) is 11.4. The van der Waals surface area contributed by atoms with Gasteiger partial charge in [-0.3, -0.25) is 0 Å². The van der Waals surface area contributed by atoms with Gasteiger partial charge in [0.05, 0.1) is 0 Å². The predicted molar refractivity (Wildman–Crippen MR) is 80.5 cm³/mol. The molecule has 1 aromatic carbocycles. The third kappa shape index (κ3) is 4.46. The van der Waals surface area contributed by atoms with E-state index >= 15 is 0 Å². The largest absolute Gasteiger partial charge is 0.360 e. The van der Waals surface area contributed by atoms with Gasteiger partial charge in [-0.25, -0.2) is 4.39 Å². The van der Waals surface area contributed by atoms with Crippen LogP contribution in [0.1, 0.15) is 37.7 Å². The van der Waals surface area contributed by atoms with Crippen LogP contribution in [-0.4, -0.2) is 23.1 Å². The smallest absolute Gasteiger partial charge is 0.169 e. The zero-order valence-corrected chi connectivity index (χ0v) is 12.2. The maximum atomic E-state index is 12.8. The number of nitrogens with one attached hydrogen (secondary N) is 1. The van der Waals surface area contributed by atoms with Crippen molar-refractivity contribution in [2.24, 2.45) is 0 Å². The molecular weight excluding hydrogens is 259 g/mol. The van der Waals surface area contributed by atoms with Crippen LogP contribution in [0.3, 0.4) is 0 Å². The number of rotatable bonds is 3. The highest BCUT2D eigenvalue weighted by Gasteiger charge is 2.15. The Bertz CT molecular complexity index is 413. The summed E-state index contributed by atoms with van der Waals surface area (Å²) in [5.41, 5.74) is 1.07. The van der Waals surface area contributed by atoms with Crippen molar-refractivity contribution >= 4 is 17.3 Å². The van der Waals surface area contributed by atoms with Crippen LogP contribution < -0.4 is 5.32 Å². The van der Waals surface area contributed by atoms with Gasteiger partial charge in [-0.15, -0.1) is 0 Å². The van der Waals surface area contributed by atoms with Gasteiger partial charge in [0.2, 0.25) is 0 Å². The summed E-state index contributed by atoms with van der Waals surface area (Å²) in [4.78, 5) is 2.01. The Hall–Kier alpha value is -1.16. The molecule has 0 saturated heterocycles. The Labute approximate surface area is 120 Å². The molecule has 1 fully saturated rings. The molecule has 0 aliphatic heterocycles. The number of thiocarbonyl (C=S) groups is 1. The summed E-state index contributed by atoms with van der Waals surface area (Å²) in [6.07, 6.45) is 6.36. The lowest BCUT2D eigenvalue weighted by Crippen LogP contribution is -2.43. The molecule has 1 saturated carbocycles. The molecule has 1 aliphatic carbocycles. The lowest BCUT2D eigenvalue weighted by Gasteiger charge is -2.28. The molecule has 0 amide bonds. The Balaban J connectivity index is 1.83. The molecule has 1 aliphatic rings. The van der Waals surface area contributed by atoms with Gasteiger partial charge in [-0.1, -0.05) is 31.4 Å². The Kier molecular flexibility index (Phi) is 5.14. The number of halogens is 1. The zero-order chi connectivity index (χ0) is 13.7. The molecule has 19 heavy (non-hydrogen) atoms. The van der Waals surface area contributed by atoms with E-state index in [1.807, 2.05) is 11.9 Å². The first-order valence-electron chi connectivity index (χ1n) is 6.91. The van der Waals surface area contributed by atoms with Crippen LogP contribution in [0.2, 0.25) is 0 Å². The highest BCUT2D eigenvalue weighted by atomic mass is 32.1. The van der Waals surface area contributed by atoms with Crippen LogP contribution in [0.25, 0.3) is 0 Å². The maximum absolute atomic E-state index is 12.8. The molecule has 4 heteroatoms. The molecule has 2 nitrogen and oxygen atoms in total. The van der Waals surface area contributed by atoms with Gasteiger partial charge < -0.3 is 10.2 Å². The topological polar surface area (TPSA) is 15.3 Å². The molecule has 0 atom stereocenters. The van der Waals surface area contributed by atoms with Gasteiger partial charge >= 0.3 is 0 Å². The second-order valence-corrected chi connectivity index (χ2v) is 5.65. The van der Waals surface area contributed by atoms with Crippen molar-refractivity contribution in [3.8, 4) is 0 Å². The lowest BCUT2D eigenvalue weighted by molar-refractivity contribution is 0.392. The molecule has 1 N–H and O–H groups in total. The Morgan fingerprint density at radius 1 is 1.26 bits per heavy atom. The van der Waals surface area contributed by atoms with E-state index in [0.29, 0.717) is 12.6 Å². The van der Waals surface area contributed by atoms with Crippen LogP contribution in [0.15, 0.2) is 24.3 Å². The fourth-order valence-corrected chi connectivity index (χ4v) is 2.70. The first kappa shape index (κ1) is 14.3. The van der Waals surface area contributed by atoms with E-state index in [9.17, 15) is 4.39 Å². The quantitative estimate of drug-likeness (QED) is 0.854. The van der Waals surface area contributed by atoms with E-state index in [1.54, 1.807) is 12.1 Å². The standard InChI is InChI=1S/C15H21FN2S/c1-18(11-12-7-9-13(16)10-8-12)15(19)17-14-5-3-2-4-6-14/h7-10,14H,2-6,11H2,1H3,(H,17,19). The molecule has 0 spiro atoms. The van der Waals surface area contributed by atoms with Crippen LogP contribution >= 0.6 is 12.2 Å². The minimum absolute atomic E-state index is 0.200. The fourth-order valence-electron chi connectivity index (χ4n) is 2.47. The summed E-state index contributed by atoms with van der Waals surface area (Å²) in [6, 6.07) is 7.10. The van der Waals surface area contributed by atoms with Crippen molar-refractivity contribution in [3.63, 3.8) is 0 Å². The lowest BCUT2D eigenvalue weighted by atomic mass is 9.96. The third-order valence-corrected chi connectivity index (χ3v) is 4.04. The van der Waals surface area contributed by atoms with Gasteiger partial charge in [-0.2, -0.15) is 0 Å². The van der Waals surface area contributed by atoms with Crippen molar-refractivity contribution in [1.82, 2.24) is 10.2 Å². The SMILES string of the molecule is CN(Cc1ccc(F)cc1)C(=S)NC1CCCCC1. The maximum Gasteiger partial charge on any atom is 0.169 e. The van der Waals surface area contributed by atoms with E-state index in [0.717, 1.165) is 10.7 Å². The minimum atomic E-state index is -0.200. The number of benzene rings is 1. The van der Waals surface area contributed by atoms with E-state index in [-0.39, 0.29) is 5.82 Å². The molecule has 0 heterocycles. The summed E-state index contributed by atoms with van der Waals surface area (Å²) in [5, 5.41) is 4.22. The van der Waals surface area contributed by atoms with Crippen LogP contribution in [0.4, 0.5) is 4.39 Å². The molecule has 0 aromatic heterocycles. The third-order valence-electron chi connectivity index (χ3n) is 3.61. The molecule has 0 radical (unpaired) electrons. The van der Waals surface area contributed by atoms with Crippen molar-refractivity contribution in [3.05, 3.63) is 35.6 Å². The summed E-state index contributed by atoms with van der Waals surface area (Å²) in [6.45, 7) is 0.707. The molecular formula is C15H21FN2S. The second-order valence-electron chi connectivity index (χ2n) is 5.27. The molecule has 2 rings (SSSR count). The minimum Gasteiger partial charge on any atom is -0.360 e. The number of nitrogens with zero attached hydrogens (tertiary/aromatic N) is 1.